The van der Waals surface area contributed by atoms with Gasteiger partial charge >= 0.3 is 0 Å². The Bertz CT molecular complexity index is 3340. The number of nitrogens with zero attached hydrogens (tertiary/aromatic N) is 1. The molecule has 0 amide bonds. The molecule has 11 aromatic rings. The van der Waals surface area contributed by atoms with Crippen LogP contribution in [0.15, 0.2) is 224 Å². The monoisotopic (exact) mass is 767 g/mol. The fourth-order valence-corrected chi connectivity index (χ4v) is 11.4. The van der Waals surface area contributed by atoms with Gasteiger partial charge in [-0.05, 0) is 84.9 Å². The molecular weight excluding hydrogens is 731 g/mol. The van der Waals surface area contributed by atoms with Crippen LogP contribution in [-0.4, -0.2) is 0 Å². The summed E-state index contributed by atoms with van der Waals surface area (Å²) >= 11 is 1.90. The molecule has 1 aliphatic rings. The minimum absolute atomic E-state index is 0.486. The summed E-state index contributed by atoms with van der Waals surface area (Å²) in [5.41, 5.74) is 13.2. The molecule has 276 valence electrons. The summed E-state index contributed by atoms with van der Waals surface area (Å²) in [7, 11) is 0. The van der Waals surface area contributed by atoms with Gasteiger partial charge in [0.05, 0.1) is 21.5 Å². The molecule has 1 aliphatic carbocycles. The van der Waals surface area contributed by atoms with Gasteiger partial charge in [-0.15, -0.1) is 11.3 Å². The minimum Gasteiger partial charge on any atom is -0.308 e. The van der Waals surface area contributed by atoms with Crippen LogP contribution in [0.2, 0.25) is 0 Å². The molecule has 1 heterocycles. The van der Waals surface area contributed by atoms with Crippen molar-refractivity contribution in [2.24, 2.45) is 0 Å². The van der Waals surface area contributed by atoms with E-state index in [1.807, 2.05) is 11.3 Å². The number of rotatable bonds is 6. The van der Waals surface area contributed by atoms with Gasteiger partial charge in [0, 0.05) is 26.5 Å². The molecule has 0 atom stereocenters. The highest BCUT2D eigenvalue weighted by Gasteiger charge is 2.47. The molecule has 1 aromatic heterocycles. The number of fused-ring (bicyclic) bond motifs is 9. The summed E-state index contributed by atoms with van der Waals surface area (Å²) in [6.07, 6.45) is 0. The SMILES string of the molecule is c1ccc(C2(c3ccccc3)c3ccccc3-c3cccc(-c4ccc(N(c5cccc6ccccc56)c5cccc6c5sc5c7ccccc7ccc65)cc4)c32)cc1. The number of thiophene rings is 1. The van der Waals surface area contributed by atoms with Gasteiger partial charge < -0.3 is 4.90 Å². The molecule has 0 radical (unpaired) electrons. The van der Waals surface area contributed by atoms with Crippen LogP contribution in [0, 0.1) is 0 Å². The molecular formula is C57H37NS. The molecule has 59 heavy (non-hydrogen) atoms. The first-order valence-electron chi connectivity index (χ1n) is 20.3. The Morgan fingerprint density at radius 3 is 1.66 bits per heavy atom. The first kappa shape index (κ1) is 33.8. The lowest BCUT2D eigenvalue weighted by molar-refractivity contribution is 0.770. The second-order valence-corrected chi connectivity index (χ2v) is 16.6. The molecule has 12 rings (SSSR count). The van der Waals surface area contributed by atoms with E-state index in [2.05, 4.69) is 229 Å². The summed E-state index contributed by atoms with van der Waals surface area (Å²) in [4.78, 5) is 2.48. The van der Waals surface area contributed by atoms with E-state index in [-0.39, 0.29) is 0 Å². The zero-order chi connectivity index (χ0) is 38.9. The summed E-state index contributed by atoms with van der Waals surface area (Å²) < 4.78 is 2.61. The Kier molecular flexibility index (Phi) is 7.69. The van der Waals surface area contributed by atoms with Crippen molar-refractivity contribution in [1.29, 1.82) is 0 Å². The van der Waals surface area contributed by atoms with E-state index in [4.69, 9.17) is 0 Å². The Balaban J connectivity index is 1.08. The minimum atomic E-state index is -0.486. The van der Waals surface area contributed by atoms with E-state index in [0.717, 1.165) is 11.4 Å². The molecule has 0 saturated carbocycles. The molecule has 0 fully saturated rings. The molecule has 0 spiro atoms. The van der Waals surface area contributed by atoms with Crippen molar-refractivity contribution in [3.8, 4) is 22.3 Å². The Labute approximate surface area is 347 Å². The predicted molar refractivity (Wildman–Crippen MR) is 252 cm³/mol. The third kappa shape index (κ3) is 5.03. The fraction of sp³-hybridized carbons (Fsp3) is 0.0175. The van der Waals surface area contributed by atoms with Crippen LogP contribution in [0.5, 0.6) is 0 Å². The second kappa shape index (κ2) is 13.4. The molecule has 0 unspecified atom stereocenters. The van der Waals surface area contributed by atoms with Crippen LogP contribution in [-0.2, 0) is 5.41 Å². The van der Waals surface area contributed by atoms with Crippen molar-refractivity contribution in [2.75, 3.05) is 4.90 Å². The molecule has 2 heteroatoms. The zero-order valence-corrected chi connectivity index (χ0v) is 33.0. The number of anilines is 3. The topological polar surface area (TPSA) is 3.24 Å². The number of benzene rings is 10. The normalized spacial score (nSPS) is 12.9. The van der Waals surface area contributed by atoms with Crippen molar-refractivity contribution in [3.05, 3.63) is 247 Å². The Hall–Kier alpha value is -7.26. The Morgan fingerprint density at radius 1 is 0.339 bits per heavy atom. The van der Waals surface area contributed by atoms with E-state index in [1.165, 1.54) is 91.9 Å². The lowest BCUT2D eigenvalue weighted by Crippen LogP contribution is -2.29. The maximum Gasteiger partial charge on any atom is 0.0719 e. The summed E-state index contributed by atoms with van der Waals surface area (Å²) in [5, 5.41) is 7.60. The number of hydrogen-bond acceptors (Lipinski definition) is 2. The van der Waals surface area contributed by atoms with Gasteiger partial charge in [-0.25, -0.2) is 0 Å². The third-order valence-corrected chi connectivity index (χ3v) is 13.8. The summed E-state index contributed by atoms with van der Waals surface area (Å²) in [5.74, 6) is 0. The number of hydrogen-bond donors (Lipinski definition) is 0. The highest BCUT2D eigenvalue weighted by atomic mass is 32.1. The van der Waals surface area contributed by atoms with Crippen molar-refractivity contribution in [3.63, 3.8) is 0 Å². The average molecular weight is 768 g/mol. The van der Waals surface area contributed by atoms with Crippen molar-refractivity contribution < 1.29 is 0 Å². The van der Waals surface area contributed by atoms with Crippen LogP contribution in [0.3, 0.4) is 0 Å². The van der Waals surface area contributed by atoms with E-state index in [0.29, 0.717) is 0 Å². The largest absolute Gasteiger partial charge is 0.308 e. The van der Waals surface area contributed by atoms with E-state index in [1.54, 1.807) is 0 Å². The van der Waals surface area contributed by atoms with Crippen LogP contribution < -0.4 is 4.90 Å². The van der Waals surface area contributed by atoms with Gasteiger partial charge in [0.25, 0.3) is 0 Å². The predicted octanol–water partition coefficient (Wildman–Crippen LogP) is 15.9. The van der Waals surface area contributed by atoms with Crippen molar-refractivity contribution in [1.82, 2.24) is 0 Å². The van der Waals surface area contributed by atoms with Crippen LogP contribution in [0.4, 0.5) is 17.1 Å². The summed E-state index contributed by atoms with van der Waals surface area (Å²) in [6.45, 7) is 0. The van der Waals surface area contributed by atoms with Crippen molar-refractivity contribution >= 4 is 70.1 Å². The second-order valence-electron chi connectivity index (χ2n) is 15.6. The van der Waals surface area contributed by atoms with Crippen LogP contribution in [0.1, 0.15) is 22.3 Å². The highest BCUT2D eigenvalue weighted by molar-refractivity contribution is 7.27. The van der Waals surface area contributed by atoms with Gasteiger partial charge in [-0.3, -0.25) is 0 Å². The van der Waals surface area contributed by atoms with E-state index >= 15 is 0 Å². The van der Waals surface area contributed by atoms with Gasteiger partial charge in [0.2, 0.25) is 0 Å². The van der Waals surface area contributed by atoms with E-state index in [9.17, 15) is 0 Å². The van der Waals surface area contributed by atoms with Gasteiger partial charge in [0.15, 0.2) is 0 Å². The average Bonchev–Trinajstić information content (AvgIpc) is 3.85. The first-order chi connectivity index (χ1) is 29.3. The maximum absolute atomic E-state index is 2.48. The summed E-state index contributed by atoms with van der Waals surface area (Å²) in [6, 6.07) is 83.0. The molecule has 10 aromatic carbocycles. The van der Waals surface area contributed by atoms with Crippen LogP contribution in [0.25, 0.3) is 64.0 Å². The Morgan fingerprint density at radius 2 is 0.881 bits per heavy atom. The molecule has 1 nitrogen and oxygen atoms in total. The smallest absolute Gasteiger partial charge is 0.0719 e. The molecule has 0 aliphatic heterocycles. The van der Waals surface area contributed by atoms with E-state index < -0.39 is 5.41 Å². The maximum atomic E-state index is 2.48. The quantitative estimate of drug-likeness (QED) is 0.163. The van der Waals surface area contributed by atoms with Gasteiger partial charge in [0.1, 0.15) is 0 Å². The molecule has 0 N–H and O–H groups in total. The van der Waals surface area contributed by atoms with Crippen molar-refractivity contribution in [2.45, 2.75) is 5.41 Å². The lowest BCUT2D eigenvalue weighted by atomic mass is 9.66. The lowest BCUT2D eigenvalue weighted by Gasteiger charge is -2.35. The zero-order valence-electron chi connectivity index (χ0n) is 32.2. The van der Waals surface area contributed by atoms with Gasteiger partial charge in [-0.2, -0.15) is 0 Å². The fourth-order valence-electron chi connectivity index (χ4n) is 10.0. The van der Waals surface area contributed by atoms with Gasteiger partial charge in [-0.1, -0.05) is 200 Å². The first-order valence-corrected chi connectivity index (χ1v) is 21.2. The van der Waals surface area contributed by atoms with Crippen LogP contribution >= 0.6 is 11.3 Å². The third-order valence-electron chi connectivity index (χ3n) is 12.5. The highest BCUT2D eigenvalue weighted by Crippen LogP contribution is 2.59. The standard InChI is InChI=1S/C57H37NS/c1-3-19-41(20-4-1)57(42-21-5-2-6-22-42)51-29-12-11-25-47(51)48-27-14-26-45(54(48)57)40-32-35-43(36-33-40)58(52-30-13-18-38-16-7-9-23-44(38)52)53-31-15-28-49-50-37-34-39-17-8-10-24-46(39)55(50)59-56(49)53/h1-37H. The molecule has 0 saturated heterocycles. The molecule has 0 bridgehead atoms.